The molecule has 8 rings (SSSR count). The van der Waals surface area contributed by atoms with Crippen molar-refractivity contribution in [2.24, 2.45) is 0 Å². The fourth-order valence-electron chi connectivity index (χ4n) is 8.64. The van der Waals surface area contributed by atoms with Gasteiger partial charge < -0.3 is 25.0 Å². The second kappa shape index (κ2) is 13.0. The third-order valence-electron chi connectivity index (χ3n) is 11.0. The highest BCUT2D eigenvalue weighted by atomic mass is 19.1. The lowest BCUT2D eigenvalue weighted by molar-refractivity contribution is 0.0950. The maximum atomic E-state index is 15.1. The summed E-state index contributed by atoms with van der Waals surface area (Å²) in [6, 6.07) is 8.69. The summed E-state index contributed by atoms with van der Waals surface area (Å²) in [6.45, 7) is 8.92. The molecular formula is C37H44F2N8O3. The Labute approximate surface area is 290 Å². The average Bonchev–Trinajstić information content (AvgIpc) is 3.73. The molecule has 2 fully saturated rings. The van der Waals surface area contributed by atoms with Gasteiger partial charge >= 0.3 is 6.01 Å². The molecule has 0 saturated carbocycles. The smallest absolute Gasteiger partial charge is 0.318 e. The maximum Gasteiger partial charge on any atom is 0.318 e. The number of anilines is 2. The van der Waals surface area contributed by atoms with Crippen LogP contribution in [0.25, 0.3) is 10.8 Å². The Morgan fingerprint density at radius 2 is 1.96 bits per heavy atom. The molecule has 4 aromatic rings. The van der Waals surface area contributed by atoms with Crippen LogP contribution in [-0.4, -0.2) is 86.7 Å². The summed E-state index contributed by atoms with van der Waals surface area (Å²) in [5, 5.41) is 19.8. The molecule has 0 bridgehead atoms. The summed E-state index contributed by atoms with van der Waals surface area (Å²) >= 11 is 0. The molecule has 0 radical (unpaired) electrons. The Morgan fingerprint density at radius 1 is 1.08 bits per heavy atom. The Balaban J connectivity index is 1.17. The number of hydrogen-bond acceptors (Lipinski definition) is 9. The lowest BCUT2D eigenvalue weighted by Crippen LogP contribution is -2.43. The highest BCUT2D eigenvalue weighted by Gasteiger charge is 2.49. The molecule has 4 aliphatic heterocycles. The van der Waals surface area contributed by atoms with Crippen molar-refractivity contribution in [3.05, 3.63) is 64.4 Å². The highest BCUT2D eigenvalue weighted by Crippen LogP contribution is 2.42. The van der Waals surface area contributed by atoms with Crippen LogP contribution in [0, 0.1) is 5.82 Å². The third-order valence-corrected chi connectivity index (χ3v) is 11.0. The molecule has 2 aromatic carbocycles. The fourth-order valence-corrected chi connectivity index (χ4v) is 8.64. The first kappa shape index (κ1) is 32.7. The lowest BCUT2D eigenvalue weighted by atomic mass is 9.95. The number of ether oxygens (including phenoxy) is 1. The molecule has 1 amide bonds. The highest BCUT2D eigenvalue weighted by molar-refractivity contribution is 5.98. The molecule has 50 heavy (non-hydrogen) atoms. The molecule has 264 valence electrons. The van der Waals surface area contributed by atoms with Crippen LogP contribution in [0.2, 0.25) is 0 Å². The van der Waals surface area contributed by atoms with E-state index < -0.39 is 6.17 Å². The number of aryl methyl sites for hydroxylation is 2. The van der Waals surface area contributed by atoms with Gasteiger partial charge in [-0.3, -0.25) is 14.4 Å². The molecule has 2 N–H and O–H groups in total. The van der Waals surface area contributed by atoms with Crippen LogP contribution in [0.4, 0.5) is 20.3 Å². The van der Waals surface area contributed by atoms with Gasteiger partial charge in [0, 0.05) is 61.8 Å². The van der Waals surface area contributed by atoms with Crippen molar-refractivity contribution in [1.82, 2.24) is 30.0 Å². The van der Waals surface area contributed by atoms with E-state index in [2.05, 4.69) is 25.1 Å². The summed E-state index contributed by atoms with van der Waals surface area (Å²) in [4.78, 5) is 29.3. The number of carbonyl (C=O) groups is 1. The number of nitrogens with zero attached hydrogens (tertiary/aromatic N) is 7. The van der Waals surface area contributed by atoms with Crippen molar-refractivity contribution in [3.63, 3.8) is 0 Å². The van der Waals surface area contributed by atoms with Crippen molar-refractivity contribution < 1.29 is 23.4 Å². The van der Waals surface area contributed by atoms with E-state index in [9.17, 15) is 14.3 Å². The van der Waals surface area contributed by atoms with E-state index in [0.717, 1.165) is 71.6 Å². The van der Waals surface area contributed by atoms with Gasteiger partial charge in [-0.15, -0.1) is 0 Å². The number of carbonyl (C=O) groups excluding carboxylic acids is 1. The summed E-state index contributed by atoms with van der Waals surface area (Å²) in [5.74, 6) is 0.456. The van der Waals surface area contributed by atoms with Crippen molar-refractivity contribution in [2.45, 2.75) is 83.7 Å². The van der Waals surface area contributed by atoms with Gasteiger partial charge in [-0.2, -0.15) is 15.1 Å². The Kier molecular flexibility index (Phi) is 8.48. The number of hydrogen-bond donors (Lipinski definition) is 2. The minimum Gasteiger partial charge on any atom is -0.508 e. The van der Waals surface area contributed by atoms with Gasteiger partial charge in [0.05, 0.1) is 30.0 Å². The number of aromatic nitrogens is 4. The number of phenols is 1. The van der Waals surface area contributed by atoms with E-state index in [1.54, 1.807) is 18.2 Å². The standard InChI is InChI=1S/C37H44F2N8O3/c1-3-27-29(39)8-7-23-15-26(48)17-32(33(23)27)44-14-9-28-31(21-44)41-36(50-22-37-10-5-12-46(37)19-24(38)18-37)42-34(28)45-11-6-13-47-25(20-45)16-30(43-47)35(49)40-4-2/h7-8,15-17,24,48H,3-6,9-14,18-22H2,1-2H3,(H,40,49)/t24-,37+/m1/s1. The van der Waals surface area contributed by atoms with E-state index in [1.165, 1.54) is 6.07 Å². The van der Waals surface area contributed by atoms with Crippen molar-refractivity contribution >= 4 is 28.2 Å². The monoisotopic (exact) mass is 686 g/mol. The van der Waals surface area contributed by atoms with Crippen LogP contribution in [0.15, 0.2) is 30.3 Å². The van der Waals surface area contributed by atoms with Crippen molar-refractivity contribution in [3.8, 4) is 11.8 Å². The summed E-state index contributed by atoms with van der Waals surface area (Å²) in [7, 11) is 0. The van der Waals surface area contributed by atoms with E-state index in [1.807, 2.05) is 24.6 Å². The lowest BCUT2D eigenvalue weighted by Gasteiger charge is -2.35. The summed E-state index contributed by atoms with van der Waals surface area (Å²) in [5.41, 5.74) is 4.18. The van der Waals surface area contributed by atoms with Gasteiger partial charge in [-0.1, -0.05) is 13.0 Å². The Morgan fingerprint density at radius 3 is 2.80 bits per heavy atom. The van der Waals surface area contributed by atoms with Crippen molar-refractivity contribution in [1.29, 1.82) is 0 Å². The zero-order chi connectivity index (χ0) is 34.6. The van der Waals surface area contributed by atoms with Crippen LogP contribution >= 0.6 is 0 Å². The number of alkyl halides is 1. The molecule has 2 atom stereocenters. The number of rotatable bonds is 8. The van der Waals surface area contributed by atoms with Gasteiger partial charge in [0.1, 0.15) is 30.2 Å². The number of halogens is 2. The van der Waals surface area contributed by atoms with Gasteiger partial charge in [-0.25, -0.2) is 8.78 Å². The van der Waals surface area contributed by atoms with Gasteiger partial charge in [0.15, 0.2) is 5.69 Å². The second-order valence-electron chi connectivity index (χ2n) is 14.1. The first-order chi connectivity index (χ1) is 24.2. The Bertz CT molecular complexity index is 1950. The Hall–Kier alpha value is -4.52. The largest absolute Gasteiger partial charge is 0.508 e. The zero-order valence-corrected chi connectivity index (χ0v) is 28.7. The van der Waals surface area contributed by atoms with Crippen LogP contribution < -0.4 is 19.9 Å². The maximum absolute atomic E-state index is 15.1. The topological polar surface area (TPSA) is 112 Å². The zero-order valence-electron chi connectivity index (χ0n) is 28.7. The van der Waals surface area contributed by atoms with Crippen LogP contribution in [0.1, 0.15) is 72.5 Å². The van der Waals surface area contributed by atoms with E-state index in [0.29, 0.717) is 76.4 Å². The van der Waals surface area contributed by atoms with Crippen LogP contribution in [0.3, 0.4) is 0 Å². The number of amides is 1. The molecule has 0 unspecified atom stereocenters. The van der Waals surface area contributed by atoms with Gasteiger partial charge in [0.25, 0.3) is 5.91 Å². The van der Waals surface area contributed by atoms with Crippen molar-refractivity contribution in [2.75, 3.05) is 49.1 Å². The summed E-state index contributed by atoms with van der Waals surface area (Å²) < 4.78 is 38.1. The first-order valence-corrected chi connectivity index (χ1v) is 18.0. The fraction of sp³-hybridized carbons (Fsp3) is 0.514. The predicted molar refractivity (Wildman–Crippen MR) is 186 cm³/mol. The SMILES string of the molecule is CCNC(=O)c1cc2n(n1)CCCN(c1nc(OC[C@@]34CCCN3C[C@H](F)C4)nc3c1CCN(c1cc(O)cc4ccc(F)c(CC)c14)C3)C2. The number of benzene rings is 2. The van der Waals surface area contributed by atoms with E-state index >= 15 is 4.39 Å². The second-order valence-corrected chi connectivity index (χ2v) is 14.1. The number of fused-ring (bicyclic) bond motifs is 4. The molecule has 4 aliphatic rings. The minimum atomic E-state index is -0.867. The number of phenolic OH excluding ortho intramolecular Hbond substituents is 1. The molecule has 0 aliphatic carbocycles. The molecule has 6 heterocycles. The summed E-state index contributed by atoms with van der Waals surface area (Å²) in [6.07, 6.45) is 3.42. The van der Waals surface area contributed by atoms with E-state index in [-0.39, 0.29) is 29.0 Å². The molecule has 11 nitrogen and oxygen atoms in total. The number of aromatic hydroxyl groups is 1. The first-order valence-electron chi connectivity index (χ1n) is 18.0. The van der Waals surface area contributed by atoms with Crippen LogP contribution in [0.5, 0.6) is 11.8 Å². The minimum absolute atomic E-state index is 0.121. The predicted octanol–water partition coefficient (Wildman–Crippen LogP) is 4.91. The average molecular weight is 687 g/mol. The molecule has 0 spiro atoms. The third kappa shape index (κ3) is 5.78. The molecule has 13 heteroatoms. The van der Waals surface area contributed by atoms with Crippen LogP contribution in [-0.2, 0) is 32.5 Å². The van der Waals surface area contributed by atoms with Gasteiger partial charge in [-0.05, 0) is 74.7 Å². The van der Waals surface area contributed by atoms with Gasteiger partial charge in [0.2, 0.25) is 0 Å². The quantitative estimate of drug-likeness (QED) is 0.267. The van der Waals surface area contributed by atoms with E-state index in [4.69, 9.17) is 14.7 Å². The molecular weight excluding hydrogens is 642 g/mol. The molecule has 2 aromatic heterocycles. The normalized spacial score (nSPS) is 22.0. The molecule has 2 saturated heterocycles. The number of nitrogens with one attached hydrogen (secondary N) is 1.